The number of ether oxygens (including phenoxy) is 2. The highest BCUT2D eigenvalue weighted by Gasteiger charge is 2.19. The number of hydrogen-bond acceptors (Lipinski definition) is 8. The summed E-state index contributed by atoms with van der Waals surface area (Å²) in [5.41, 5.74) is 0. The maximum absolute atomic E-state index is 11.5. The molecular formula is C12H24N2O4S2. The van der Waals surface area contributed by atoms with Crippen LogP contribution in [0.4, 0.5) is 0 Å². The lowest BCUT2D eigenvalue weighted by atomic mass is 10.3. The molecule has 0 aliphatic carbocycles. The van der Waals surface area contributed by atoms with E-state index in [0.717, 1.165) is 0 Å². The highest BCUT2D eigenvalue weighted by molar-refractivity contribution is 7.80. The Morgan fingerprint density at radius 2 is 1.25 bits per heavy atom. The summed E-state index contributed by atoms with van der Waals surface area (Å²) in [7, 11) is 0. The van der Waals surface area contributed by atoms with Crippen LogP contribution in [-0.4, -0.2) is 61.8 Å². The largest absolute Gasteiger partial charge is 0.465 e. The van der Waals surface area contributed by atoms with Crippen LogP contribution >= 0.6 is 25.3 Å². The smallest absolute Gasteiger partial charge is 0.323 e. The van der Waals surface area contributed by atoms with Crippen molar-refractivity contribution < 1.29 is 19.1 Å². The van der Waals surface area contributed by atoms with Crippen molar-refractivity contribution in [3.05, 3.63) is 0 Å². The van der Waals surface area contributed by atoms with E-state index < -0.39 is 12.1 Å². The van der Waals surface area contributed by atoms with Crippen LogP contribution < -0.4 is 10.6 Å². The molecule has 118 valence electrons. The van der Waals surface area contributed by atoms with E-state index in [4.69, 9.17) is 9.47 Å². The first-order valence-electron chi connectivity index (χ1n) is 6.62. The van der Waals surface area contributed by atoms with Gasteiger partial charge in [-0.3, -0.25) is 9.59 Å². The van der Waals surface area contributed by atoms with Crippen molar-refractivity contribution in [2.45, 2.75) is 25.9 Å². The molecule has 2 N–H and O–H groups in total. The Morgan fingerprint density at radius 3 is 1.50 bits per heavy atom. The van der Waals surface area contributed by atoms with E-state index in [1.54, 1.807) is 13.8 Å². The van der Waals surface area contributed by atoms with Gasteiger partial charge in [-0.15, -0.1) is 0 Å². The molecule has 8 heteroatoms. The van der Waals surface area contributed by atoms with Gasteiger partial charge in [-0.05, 0) is 13.8 Å². The third-order valence-corrected chi connectivity index (χ3v) is 3.14. The predicted molar refractivity (Wildman–Crippen MR) is 84.6 cm³/mol. The van der Waals surface area contributed by atoms with E-state index in [1.165, 1.54) is 0 Å². The number of thiol groups is 2. The van der Waals surface area contributed by atoms with Gasteiger partial charge in [0.05, 0.1) is 13.2 Å². The summed E-state index contributed by atoms with van der Waals surface area (Å²) in [6.07, 6.45) is 0. The van der Waals surface area contributed by atoms with Crippen LogP contribution in [0.5, 0.6) is 0 Å². The van der Waals surface area contributed by atoms with Crippen molar-refractivity contribution in [1.29, 1.82) is 0 Å². The Kier molecular flexibility index (Phi) is 12.0. The zero-order valence-corrected chi connectivity index (χ0v) is 13.7. The molecule has 0 spiro atoms. The molecule has 0 aromatic rings. The van der Waals surface area contributed by atoms with Gasteiger partial charge in [0, 0.05) is 24.6 Å². The fourth-order valence-corrected chi connectivity index (χ4v) is 1.98. The van der Waals surface area contributed by atoms with Gasteiger partial charge in [-0.1, -0.05) is 0 Å². The Morgan fingerprint density at radius 1 is 0.900 bits per heavy atom. The molecule has 0 amide bonds. The molecule has 0 bridgehead atoms. The third kappa shape index (κ3) is 7.98. The van der Waals surface area contributed by atoms with Crippen molar-refractivity contribution in [3.63, 3.8) is 0 Å². The van der Waals surface area contributed by atoms with E-state index in [9.17, 15) is 9.59 Å². The maximum atomic E-state index is 11.5. The molecule has 0 fully saturated rings. The first kappa shape index (κ1) is 19.6. The van der Waals surface area contributed by atoms with Crippen molar-refractivity contribution in [1.82, 2.24) is 10.6 Å². The van der Waals surface area contributed by atoms with Crippen LogP contribution in [0, 0.1) is 0 Å². The fraction of sp³-hybridized carbons (Fsp3) is 0.833. The van der Waals surface area contributed by atoms with Gasteiger partial charge in [-0.2, -0.15) is 25.3 Å². The number of esters is 2. The summed E-state index contributed by atoms with van der Waals surface area (Å²) in [5.74, 6) is 0.0663. The van der Waals surface area contributed by atoms with Crippen LogP contribution in [-0.2, 0) is 19.1 Å². The minimum Gasteiger partial charge on any atom is -0.465 e. The molecule has 0 aliphatic heterocycles. The second kappa shape index (κ2) is 12.3. The van der Waals surface area contributed by atoms with Crippen molar-refractivity contribution in [3.8, 4) is 0 Å². The molecule has 0 aromatic carbocycles. The van der Waals surface area contributed by atoms with Crippen molar-refractivity contribution in [2.24, 2.45) is 0 Å². The Bertz CT molecular complexity index is 265. The minimum absolute atomic E-state index is 0.321. The summed E-state index contributed by atoms with van der Waals surface area (Å²) < 4.78 is 9.81. The summed E-state index contributed by atoms with van der Waals surface area (Å²) >= 11 is 8.20. The van der Waals surface area contributed by atoms with Gasteiger partial charge >= 0.3 is 11.9 Å². The first-order chi connectivity index (χ1) is 9.60. The number of nitrogens with one attached hydrogen (secondary N) is 2. The van der Waals surface area contributed by atoms with E-state index in [-0.39, 0.29) is 11.9 Å². The monoisotopic (exact) mass is 324 g/mol. The Labute approximate surface area is 131 Å². The molecule has 6 nitrogen and oxygen atoms in total. The van der Waals surface area contributed by atoms with E-state index in [1.807, 2.05) is 0 Å². The van der Waals surface area contributed by atoms with Crippen LogP contribution in [0.1, 0.15) is 13.8 Å². The quantitative estimate of drug-likeness (QED) is 0.241. The second-order valence-corrected chi connectivity index (χ2v) is 4.61. The molecule has 0 heterocycles. The molecule has 20 heavy (non-hydrogen) atoms. The van der Waals surface area contributed by atoms with Gasteiger partial charge in [0.2, 0.25) is 0 Å². The number of carbonyl (C=O) groups excluding carboxylic acids is 2. The second-order valence-electron chi connectivity index (χ2n) is 3.88. The summed E-state index contributed by atoms with van der Waals surface area (Å²) in [4.78, 5) is 23.0. The molecule has 0 aliphatic rings. The van der Waals surface area contributed by atoms with Gasteiger partial charge in [0.1, 0.15) is 12.1 Å². The number of carbonyl (C=O) groups is 2. The summed E-state index contributed by atoms with van der Waals surface area (Å²) in [5, 5.41) is 6.03. The molecule has 0 aromatic heterocycles. The van der Waals surface area contributed by atoms with Crippen molar-refractivity contribution in [2.75, 3.05) is 37.8 Å². The average molecular weight is 324 g/mol. The summed E-state index contributed by atoms with van der Waals surface area (Å²) in [6, 6.07) is -0.894. The van der Waals surface area contributed by atoms with E-state index in [0.29, 0.717) is 37.8 Å². The van der Waals surface area contributed by atoms with Crippen LogP contribution in [0.15, 0.2) is 0 Å². The SMILES string of the molecule is CCOC(=O)[C@H](CS)NCCN[C@@H](CS)C(=O)OCC. The standard InChI is InChI=1S/C12H24N2O4S2/c1-3-17-11(15)9(7-19)13-5-6-14-10(8-20)12(16)18-4-2/h9-10,13-14,19-20H,3-8H2,1-2H3/t9-,10-/m0/s1. The molecule has 0 rings (SSSR count). The molecular weight excluding hydrogens is 300 g/mol. The van der Waals surface area contributed by atoms with Crippen LogP contribution in [0.25, 0.3) is 0 Å². The van der Waals surface area contributed by atoms with Gasteiger partial charge in [-0.25, -0.2) is 0 Å². The number of rotatable bonds is 11. The Balaban J connectivity index is 3.97. The normalized spacial score (nSPS) is 13.6. The highest BCUT2D eigenvalue weighted by Crippen LogP contribution is 1.94. The van der Waals surface area contributed by atoms with Crippen molar-refractivity contribution >= 4 is 37.2 Å². The molecule has 0 radical (unpaired) electrons. The minimum atomic E-state index is -0.447. The lowest BCUT2D eigenvalue weighted by Gasteiger charge is -2.17. The molecule has 0 saturated carbocycles. The average Bonchev–Trinajstić information content (AvgIpc) is 2.43. The Hall–Kier alpha value is -0.440. The lowest BCUT2D eigenvalue weighted by molar-refractivity contribution is -0.146. The summed E-state index contributed by atoms with van der Waals surface area (Å²) in [6.45, 7) is 5.21. The third-order valence-electron chi connectivity index (χ3n) is 2.41. The topological polar surface area (TPSA) is 76.7 Å². The molecule has 2 atom stereocenters. The zero-order chi connectivity index (χ0) is 15.4. The maximum Gasteiger partial charge on any atom is 0.323 e. The lowest BCUT2D eigenvalue weighted by Crippen LogP contribution is -2.46. The van der Waals surface area contributed by atoms with Gasteiger partial charge < -0.3 is 20.1 Å². The predicted octanol–water partition coefficient (Wildman–Crippen LogP) is -0.111. The fourth-order valence-electron chi connectivity index (χ4n) is 1.42. The first-order valence-corrected chi connectivity index (χ1v) is 7.88. The van der Waals surface area contributed by atoms with Gasteiger partial charge in [0.15, 0.2) is 0 Å². The molecule has 0 saturated heterocycles. The van der Waals surface area contributed by atoms with E-state index in [2.05, 4.69) is 35.9 Å². The van der Waals surface area contributed by atoms with Gasteiger partial charge in [0.25, 0.3) is 0 Å². The zero-order valence-electron chi connectivity index (χ0n) is 11.9. The number of hydrogen-bond donors (Lipinski definition) is 4. The van der Waals surface area contributed by atoms with Crippen LogP contribution in [0.3, 0.4) is 0 Å². The van der Waals surface area contributed by atoms with E-state index >= 15 is 0 Å². The molecule has 0 unspecified atom stereocenters. The highest BCUT2D eigenvalue weighted by atomic mass is 32.1. The van der Waals surface area contributed by atoms with Crippen LogP contribution in [0.2, 0.25) is 0 Å².